The summed E-state index contributed by atoms with van der Waals surface area (Å²) in [6.45, 7) is 12.8. The average molecular weight is 533 g/mol. The normalized spacial score (nSPS) is 17.0. The van der Waals surface area contributed by atoms with Crippen molar-refractivity contribution in [3.8, 4) is 11.5 Å². The SMILES string of the molecule is CCCCCCNCCN1CCN(C(c2ccc3c(c2)OCCO3)c2ccc3[nH]c(=O)c(CC)cc3c2)CC1. The van der Waals surface area contributed by atoms with Crippen LogP contribution < -0.4 is 20.3 Å². The van der Waals surface area contributed by atoms with E-state index in [9.17, 15) is 4.79 Å². The van der Waals surface area contributed by atoms with Crippen LogP contribution in [0.3, 0.4) is 0 Å². The predicted octanol–water partition coefficient (Wildman–Crippen LogP) is 4.74. The van der Waals surface area contributed by atoms with Crippen molar-refractivity contribution in [3.63, 3.8) is 0 Å². The molecule has 0 radical (unpaired) electrons. The van der Waals surface area contributed by atoms with E-state index in [1.807, 2.05) is 19.1 Å². The Morgan fingerprint density at radius 1 is 0.872 bits per heavy atom. The Balaban J connectivity index is 1.33. The second kappa shape index (κ2) is 13.5. The summed E-state index contributed by atoms with van der Waals surface area (Å²) < 4.78 is 11.8. The molecule has 1 unspecified atom stereocenters. The minimum atomic E-state index is 0.00714. The van der Waals surface area contributed by atoms with Gasteiger partial charge in [0.05, 0.1) is 6.04 Å². The summed E-state index contributed by atoms with van der Waals surface area (Å²) in [4.78, 5) is 20.6. The molecule has 0 aliphatic carbocycles. The van der Waals surface area contributed by atoms with Gasteiger partial charge in [0.25, 0.3) is 5.56 Å². The Morgan fingerprint density at radius 3 is 2.44 bits per heavy atom. The van der Waals surface area contributed by atoms with E-state index in [0.717, 1.165) is 80.2 Å². The number of fused-ring (bicyclic) bond motifs is 2. The molecular weight excluding hydrogens is 488 g/mol. The standard InChI is InChI=1S/C32H44N4O3/c1-3-5-6-7-12-33-13-14-35-15-17-36(18-16-35)31(26-9-11-29-30(23-26)39-20-19-38-29)25-8-10-28-27(22-25)21-24(4-2)32(37)34-28/h8-11,21-23,31,33H,3-7,12-20H2,1-2H3,(H,34,37). The molecule has 2 aliphatic heterocycles. The zero-order valence-electron chi connectivity index (χ0n) is 23.6. The van der Waals surface area contributed by atoms with Crippen molar-refractivity contribution in [2.75, 3.05) is 59.0 Å². The molecule has 1 fully saturated rings. The van der Waals surface area contributed by atoms with E-state index < -0.39 is 0 Å². The van der Waals surface area contributed by atoms with Crippen LogP contribution in [0.25, 0.3) is 10.9 Å². The maximum atomic E-state index is 12.4. The number of H-pyrrole nitrogens is 1. The number of pyridine rings is 1. The molecule has 2 aliphatic rings. The lowest BCUT2D eigenvalue weighted by atomic mass is 9.94. The van der Waals surface area contributed by atoms with Gasteiger partial charge in [0, 0.05) is 50.3 Å². The first-order valence-corrected chi connectivity index (χ1v) is 14.9. The number of aromatic nitrogens is 1. The average Bonchev–Trinajstić information content (AvgIpc) is 2.97. The molecule has 0 amide bonds. The van der Waals surface area contributed by atoms with Crippen LogP contribution >= 0.6 is 0 Å². The van der Waals surface area contributed by atoms with Gasteiger partial charge in [-0.15, -0.1) is 0 Å². The molecule has 2 aromatic carbocycles. The molecule has 2 N–H and O–H groups in total. The number of ether oxygens (including phenoxy) is 2. The second-order valence-electron chi connectivity index (χ2n) is 10.8. The van der Waals surface area contributed by atoms with E-state index in [-0.39, 0.29) is 11.6 Å². The Morgan fingerprint density at radius 2 is 1.64 bits per heavy atom. The number of hydrogen-bond acceptors (Lipinski definition) is 6. The maximum absolute atomic E-state index is 12.4. The Labute approximate surface area is 232 Å². The largest absolute Gasteiger partial charge is 0.486 e. The van der Waals surface area contributed by atoms with Crippen molar-refractivity contribution in [1.29, 1.82) is 0 Å². The van der Waals surface area contributed by atoms with E-state index in [0.29, 0.717) is 13.2 Å². The molecule has 1 saturated heterocycles. The van der Waals surface area contributed by atoms with Crippen LogP contribution in [0.2, 0.25) is 0 Å². The van der Waals surface area contributed by atoms with Crippen molar-refractivity contribution >= 4 is 10.9 Å². The third kappa shape index (κ3) is 6.83. The van der Waals surface area contributed by atoms with Crippen LogP contribution in [0.5, 0.6) is 11.5 Å². The number of piperazine rings is 1. The molecule has 0 saturated carbocycles. The fourth-order valence-corrected chi connectivity index (χ4v) is 5.83. The van der Waals surface area contributed by atoms with Crippen LogP contribution in [0.15, 0.2) is 47.3 Å². The molecule has 3 aromatic rings. The highest BCUT2D eigenvalue weighted by Gasteiger charge is 2.28. The Kier molecular flexibility index (Phi) is 9.56. The van der Waals surface area contributed by atoms with Gasteiger partial charge in [-0.2, -0.15) is 0 Å². The highest BCUT2D eigenvalue weighted by Crippen LogP contribution is 2.37. The lowest BCUT2D eigenvalue weighted by molar-refractivity contribution is 0.109. The van der Waals surface area contributed by atoms with Gasteiger partial charge in [-0.05, 0) is 66.2 Å². The summed E-state index contributed by atoms with van der Waals surface area (Å²) >= 11 is 0. The van der Waals surface area contributed by atoms with Crippen LogP contribution in [0.4, 0.5) is 0 Å². The first kappa shape index (κ1) is 27.7. The zero-order valence-corrected chi connectivity index (χ0v) is 23.6. The number of aryl methyl sites for hydroxylation is 1. The summed E-state index contributed by atoms with van der Waals surface area (Å²) in [5.74, 6) is 1.64. The lowest BCUT2D eigenvalue weighted by Crippen LogP contribution is -2.49. The van der Waals surface area contributed by atoms with Crippen molar-refractivity contribution in [2.45, 2.75) is 52.0 Å². The third-order valence-corrected chi connectivity index (χ3v) is 8.11. The van der Waals surface area contributed by atoms with Gasteiger partial charge in [-0.3, -0.25) is 14.6 Å². The summed E-state index contributed by atoms with van der Waals surface area (Å²) in [6, 6.07) is 15.0. The number of nitrogens with one attached hydrogen (secondary N) is 2. The van der Waals surface area contributed by atoms with Crippen LogP contribution in [0, 0.1) is 0 Å². The van der Waals surface area contributed by atoms with Crippen LogP contribution in [-0.4, -0.2) is 73.8 Å². The number of unbranched alkanes of at least 4 members (excludes halogenated alkanes) is 3. The molecule has 5 rings (SSSR count). The Hall–Kier alpha value is -2.87. The third-order valence-electron chi connectivity index (χ3n) is 8.11. The zero-order chi connectivity index (χ0) is 27.0. The maximum Gasteiger partial charge on any atom is 0.251 e. The quantitative estimate of drug-likeness (QED) is 0.329. The molecule has 1 aromatic heterocycles. The van der Waals surface area contributed by atoms with Crippen LogP contribution in [0.1, 0.15) is 62.3 Å². The van der Waals surface area contributed by atoms with E-state index >= 15 is 0 Å². The first-order valence-electron chi connectivity index (χ1n) is 14.9. The molecule has 39 heavy (non-hydrogen) atoms. The fourth-order valence-electron chi connectivity index (χ4n) is 5.83. The van der Waals surface area contributed by atoms with Gasteiger partial charge in [-0.1, -0.05) is 45.2 Å². The molecular formula is C32H44N4O3. The van der Waals surface area contributed by atoms with Crippen molar-refractivity contribution in [2.24, 2.45) is 0 Å². The van der Waals surface area contributed by atoms with E-state index in [1.54, 1.807) is 0 Å². The summed E-state index contributed by atoms with van der Waals surface area (Å²) in [6.07, 6.45) is 5.95. The monoisotopic (exact) mass is 532 g/mol. The van der Waals surface area contributed by atoms with Gasteiger partial charge in [0.15, 0.2) is 11.5 Å². The smallest absolute Gasteiger partial charge is 0.251 e. The number of benzene rings is 2. The van der Waals surface area contributed by atoms with Crippen LogP contribution in [-0.2, 0) is 6.42 Å². The number of nitrogens with zero attached hydrogens (tertiary/aromatic N) is 2. The van der Waals surface area contributed by atoms with E-state index in [4.69, 9.17) is 9.47 Å². The molecule has 3 heterocycles. The highest BCUT2D eigenvalue weighted by molar-refractivity contribution is 5.80. The number of aromatic amines is 1. The topological polar surface area (TPSA) is 69.8 Å². The van der Waals surface area contributed by atoms with Gasteiger partial charge in [0.1, 0.15) is 13.2 Å². The number of hydrogen-bond donors (Lipinski definition) is 2. The molecule has 210 valence electrons. The molecule has 7 nitrogen and oxygen atoms in total. The molecule has 1 atom stereocenters. The molecule has 0 spiro atoms. The van der Waals surface area contributed by atoms with E-state index in [2.05, 4.69) is 57.4 Å². The second-order valence-corrected chi connectivity index (χ2v) is 10.8. The van der Waals surface area contributed by atoms with Crippen molar-refractivity contribution in [1.82, 2.24) is 20.1 Å². The van der Waals surface area contributed by atoms with Gasteiger partial charge < -0.3 is 19.8 Å². The minimum Gasteiger partial charge on any atom is -0.486 e. The summed E-state index contributed by atoms with van der Waals surface area (Å²) in [5, 5.41) is 4.71. The van der Waals surface area contributed by atoms with Crippen molar-refractivity contribution < 1.29 is 9.47 Å². The summed E-state index contributed by atoms with van der Waals surface area (Å²) in [5.41, 5.74) is 4.15. The van der Waals surface area contributed by atoms with Gasteiger partial charge >= 0.3 is 0 Å². The van der Waals surface area contributed by atoms with Gasteiger partial charge in [-0.25, -0.2) is 0 Å². The molecule has 7 heteroatoms. The summed E-state index contributed by atoms with van der Waals surface area (Å²) in [7, 11) is 0. The Bertz CT molecular complexity index is 1280. The molecule has 0 bridgehead atoms. The van der Waals surface area contributed by atoms with Crippen molar-refractivity contribution in [3.05, 3.63) is 69.5 Å². The number of rotatable bonds is 12. The first-order chi connectivity index (χ1) is 19.2. The fraction of sp³-hybridized carbons (Fsp3) is 0.531. The lowest BCUT2D eigenvalue weighted by Gasteiger charge is -2.40. The van der Waals surface area contributed by atoms with E-state index in [1.165, 1.54) is 36.8 Å². The minimum absolute atomic E-state index is 0.00714. The van der Waals surface area contributed by atoms with Gasteiger partial charge in [0.2, 0.25) is 0 Å². The highest BCUT2D eigenvalue weighted by atomic mass is 16.6. The predicted molar refractivity (Wildman–Crippen MR) is 158 cm³/mol.